The van der Waals surface area contributed by atoms with Crippen molar-refractivity contribution in [2.45, 2.75) is 39.2 Å². The summed E-state index contributed by atoms with van der Waals surface area (Å²) in [6.45, 7) is 0.242. The number of hydrogen-bond donors (Lipinski definition) is 0. The first kappa shape index (κ1) is 32.6. The van der Waals surface area contributed by atoms with Gasteiger partial charge in [0.05, 0.1) is 17.6 Å². The first-order valence-electron chi connectivity index (χ1n) is 18.8. The van der Waals surface area contributed by atoms with Crippen LogP contribution in [0, 0.1) is 0 Å². The average Bonchev–Trinajstić information content (AvgIpc) is 4.08. The normalized spacial score (nSPS) is 14.0. The number of hydrogen-bond acceptors (Lipinski definition) is 7. The second-order valence-electron chi connectivity index (χ2n) is 14.7. The van der Waals surface area contributed by atoms with Crippen molar-refractivity contribution < 1.29 is 4.42 Å². The average molecular weight is 801 g/mol. The molecule has 4 aliphatic heterocycles. The van der Waals surface area contributed by atoms with Crippen LogP contribution in [-0.4, -0.2) is 33.0 Å². The van der Waals surface area contributed by atoms with Gasteiger partial charge < -0.3 is 4.42 Å². The first-order valence-corrected chi connectivity index (χ1v) is 22.1. The predicted octanol–water partition coefficient (Wildman–Crippen LogP) is 7.88. The molecule has 57 heavy (non-hydrogen) atoms. The molecule has 0 amide bonds. The molecule has 13 rings (SSSR count). The standard InChI is InChI=1S/C46H26B2N4OS4/c1-5-41-45-43(7-1)56-39-15-11-30(51-19-3-17-49-51)24-34(39)47(45)32-21-27(9-13-37(32)54-41)29-23-36(53-26-29)28-10-14-38-33(22-28)48-35-25-31(52-20-4-18-50-52)12-16-40(35)57-44-8-2-6-42(55-38)46(44)48/h1-26H. The Balaban J connectivity index is 0.898. The molecule has 6 aromatic carbocycles. The quantitative estimate of drug-likeness (QED) is 0.168. The van der Waals surface area contributed by atoms with Crippen molar-refractivity contribution in [1.82, 2.24) is 19.6 Å². The summed E-state index contributed by atoms with van der Waals surface area (Å²) in [6, 6.07) is 47.0. The summed E-state index contributed by atoms with van der Waals surface area (Å²) in [5.41, 5.74) is 13.6. The largest absolute Gasteiger partial charge is 0.464 e. The SMILES string of the molecule is c1cc2c3c(c1)Sc1ccc(-n4cccn4)cc1B3c1cc(-c3coc(-c4ccc5c(c4)B4c6cc(-n7cccn7)ccc6Sc6cccc(c64)S5)c3)ccc1S2. The molecule has 0 radical (unpaired) electrons. The molecule has 266 valence electrons. The summed E-state index contributed by atoms with van der Waals surface area (Å²) in [7, 11) is 0. The highest BCUT2D eigenvalue weighted by atomic mass is 32.2. The lowest BCUT2D eigenvalue weighted by molar-refractivity contribution is 0.583. The van der Waals surface area contributed by atoms with Crippen molar-refractivity contribution >= 4 is 93.2 Å². The Morgan fingerprint density at radius 1 is 0.421 bits per heavy atom. The molecule has 9 aromatic rings. The van der Waals surface area contributed by atoms with E-state index in [1.165, 1.54) is 71.9 Å². The van der Waals surface area contributed by atoms with E-state index in [0.717, 1.165) is 33.8 Å². The summed E-state index contributed by atoms with van der Waals surface area (Å²) in [5.74, 6) is 0.871. The highest BCUT2D eigenvalue weighted by Crippen LogP contribution is 2.42. The third kappa shape index (κ3) is 5.05. The Kier molecular flexibility index (Phi) is 7.17. The molecule has 0 saturated carbocycles. The number of benzene rings is 6. The monoisotopic (exact) mass is 800 g/mol. The van der Waals surface area contributed by atoms with Gasteiger partial charge in [-0.1, -0.05) is 105 Å². The van der Waals surface area contributed by atoms with Crippen LogP contribution < -0.4 is 32.8 Å². The van der Waals surface area contributed by atoms with Crippen LogP contribution in [0.2, 0.25) is 0 Å². The van der Waals surface area contributed by atoms with Crippen molar-refractivity contribution in [2.75, 3.05) is 0 Å². The van der Waals surface area contributed by atoms with Gasteiger partial charge in [-0.15, -0.1) is 0 Å². The molecule has 5 nitrogen and oxygen atoms in total. The molecule has 0 spiro atoms. The van der Waals surface area contributed by atoms with Gasteiger partial charge in [0.2, 0.25) is 13.4 Å². The van der Waals surface area contributed by atoms with E-state index in [1.54, 1.807) is 0 Å². The second kappa shape index (κ2) is 12.5. The highest BCUT2D eigenvalue weighted by molar-refractivity contribution is 8.02. The van der Waals surface area contributed by atoms with Gasteiger partial charge in [-0.25, -0.2) is 9.36 Å². The van der Waals surface area contributed by atoms with Crippen molar-refractivity contribution in [3.05, 3.63) is 158 Å². The zero-order chi connectivity index (χ0) is 37.2. The molecular weight excluding hydrogens is 774 g/mol. The van der Waals surface area contributed by atoms with Crippen LogP contribution >= 0.6 is 47.0 Å². The van der Waals surface area contributed by atoms with E-state index in [1.807, 2.05) is 99.6 Å². The zero-order valence-electron chi connectivity index (χ0n) is 30.0. The minimum absolute atomic E-state index is 0.116. The molecule has 11 heteroatoms. The van der Waals surface area contributed by atoms with Gasteiger partial charge in [0.15, 0.2) is 0 Å². The van der Waals surface area contributed by atoms with Crippen LogP contribution in [0.3, 0.4) is 0 Å². The maximum absolute atomic E-state index is 6.47. The minimum atomic E-state index is 0.116. The van der Waals surface area contributed by atoms with Gasteiger partial charge in [0.1, 0.15) is 5.76 Å². The number of rotatable bonds is 4. The van der Waals surface area contributed by atoms with E-state index in [-0.39, 0.29) is 13.4 Å². The Bertz CT molecular complexity index is 2890. The summed E-state index contributed by atoms with van der Waals surface area (Å²) < 4.78 is 10.4. The van der Waals surface area contributed by atoms with E-state index in [2.05, 4.69) is 125 Å². The molecule has 0 saturated heterocycles. The summed E-state index contributed by atoms with van der Waals surface area (Å²) in [5, 5.41) is 9.10. The zero-order valence-corrected chi connectivity index (χ0v) is 33.3. The molecule has 0 N–H and O–H groups in total. The highest BCUT2D eigenvalue weighted by Gasteiger charge is 2.40. The van der Waals surface area contributed by atoms with E-state index < -0.39 is 0 Å². The van der Waals surface area contributed by atoms with Gasteiger partial charge in [-0.05, 0) is 107 Å². The fourth-order valence-corrected chi connectivity index (χ4v) is 13.7. The van der Waals surface area contributed by atoms with Crippen LogP contribution in [0.5, 0.6) is 0 Å². The van der Waals surface area contributed by atoms with Crippen LogP contribution in [0.1, 0.15) is 0 Å². The predicted molar refractivity (Wildman–Crippen MR) is 235 cm³/mol. The Morgan fingerprint density at radius 3 is 1.37 bits per heavy atom. The number of furan rings is 1. The topological polar surface area (TPSA) is 48.8 Å². The van der Waals surface area contributed by atoms with Gasteiger partial charge in [0.25, 0.3) is 0 Å². The lowest BCUT2D eigenvalue weighted by atomic mass is 9.36. The maximum atomic E-state index is 6.47. The lowest BCUT2D eigenvalue weighted by Gasteiger charge is -2.33. The van der Waals surface area contributed by atoms with Gasteiger partial charge in [-0.2, -0.15) is 10.2 Å². The van der Waals surface area contributed by atoms with Gasteiger partial charge in [0, 0.05) is 75.1 Å². The molecule has 3 aromatic heterocycles. The van der Waals surface area contributed by atoms with Gasteiger partial charge in [-0.3, -0.25) is 0 Å². The van der Waals surface area contributed by atoms with Crippen LogP contribution in [-0.2, 0) is 0 Å². The molecule has 0 fully saturated rings. The van der Waals surface area contributed by atoms with Gasteiger partial charge >= 0.3 is 0 Å². The summed E-state index contributed by atoms with van der Waals surface area (Å²) in [4.78, 5) is 10.5. The first-order chi connectivity index (χ1) is 28.2. The lowest BCUT2D eigenvalue weighted by Crippen LogP contribution is -2.58. The molecule has 0 aliphatic carbocycles. The minimum Gasteiger partial charge on any atom is -0.464 e. The van der Waals surface area contributed by atoms with Crippen LogP contribution in [0.4, 0.5) is 0 Å². The Hall–Kier alpha value is -5.45. The van der Waals surface area contributed by atoms with Crippen molar-refractivity contribution in [1.29, 1.82) is 0 Å². The van der Waals surface area contributed by atoms with Crippen molar-refractivity contribution in [3.63, 3.8) is 0 Å². The fraction of sp³-hybridized carbons (Fsp3) is 0. The molecule has 7 heterocycles. The molecule has 0 bridgehead atoms. The van der Waals surface area contributed by atoms with Crippen LogP contribution in [0.15, 0.2) is 202 Å². The molecular formula is C46H26B2N4OS4. The second-order valence-corrected chi connectivity index (χ2v) is 19.0. The molecule has 0 atom stereocenters. The summed E-state index contributed by atoms with van der Waals surface area (Å²) >= 11 is 7.50. The third-order valence-corrected chi connectivity index (χ3v) is 16.2. The van der Waals surface area contributed by atoms with Crippen LogP contribution in [0.25, 0.3) is 33.8 Å². The van der Waals surface area contributed by atoms with E-state index >= 15 is 0 Å². The van der Waals surface area contributed by atoms with E-state index in [9.17, 15) is 0 Å². The third-order valence-electron chi connectivity index (χ3n) is 11.5. The molecule has 0 unspecified atom stereocenters. The molecule has 4 aliphatic rings. The maximum Gasteiger partial charge on any atom is 0.247 e. The number of aromatic nitrogens is 4. The number of fused-ring (bicyclic) bond motifs is 8. The fourth-order valence-electron chi connectivity index (χ4n) is 8.95. The number of nitrogens with zero attached hydrogens (tertiary/aromatic N) is 4. The van der Waals surface area contributed by atoms with E-state index in [0.29, 0.717) is 0 Å². The summed E-state index contributed by atoms with van der Waals surface area (Å²) in [6.07, 6.45) is 9.63. The van der Waals surface area contributed by atoms with Crippen molar-refractivity contribution in [2.24, 2.45) is 0 Å². The van der Waals surface area contributed by atoms with E-state index in [4.69, 9.17) is 4.42 Å². The van der Waals surface area contributed by atoms with Crippen molar-refractivity contribution in [3.8, 4) is 33.8 Å². The smallest absolute Gasteiger partial charge is 0.247 e. The Morgan fingerprint density at radius 2 is 0.877 bits per heavy atom. The Labute approximate surface area is 346 Å².